The fraction of sp³-hybridized carbons (Fsp3) is 0.200. The molecule has 1 atom stereocenters. The lowest BCUT2D eigenvalue weighted by Gasteiger charge is -2.21. The molecule has 1 fully saturated rings. The fourth-order valence-corrected chi connectivity index (χ4v) is 5.67. The molecule has 1 aliphatic heterocycles. The predicted octanol–water partition coefficient (Wildman–Crippen LogP) is 4.69. The normalized spacial score (nSPS) is 15.3. The molecule has 3 N–H and O–H groups in total. The topological polar surface area (TPSA) is 108 Å². The minimum absolute atomic E-state index is 0.132. The molecule has 3 amide bonds. The number of aryl methyl sites for hydroxylation is 1. The van der Waals surface area contributed by atoms with Crippen molar-refractivity contribution in [3.05, 3.63) is 88.9 Å². The first kappa shape index (κ1) is 24.6. The van der Waals surface area contributed by atoms with E-state index in [1.807, 2.05) is 6.07 Å². The van der Waals surface area contributed by atoms with Crippen molar-refractivity contribution in [1.82, 2.24) is 5.32 Å². The summed E-state index contributed by atoms with van der Waals surface area (Å²) in [5, 5.41) is 8.78. The van der Waals surface area contributed by atoms with Crippen LogP contribution in [0.25, 0.3) is 0 Å². The second-order valence-corrected chi connectivity index (χ2v) is 10.6. The molecule has 8 nitrogen and oxygen atoms in total. The summed E-state index contributed by atoms with van der Waals surface area (Å²) in [4.78, 5) is 25.9. The number of urea groups is 1. The molecule has 1 aliphatic rings. The van der Waals surface area contributed by atoms with Gasteiger partial charge in [-0.05, 0) is 66.9 Å². The van der Waals surface area contributed by atoms with Crippen molar-refractivity contribution >= 4 is 50.6 Å². The maximum Gasteiger partial charge on any atom is 0.320 e. The number of anilines is 3. The number of hydrogen-bond donors (Lipinski definition) is 3. The summed E-state index contributed by atoms with van der Waals surface area (Å²) >= 11 is 5.89. The quantitative estimate of drug-likeness (QED) is 0.445. The van der Waals surface area contributed by atoms with Gasteiger partial charge in [0.05, 0.1) is 11.4 Å². The number of halogens is 1. The third-order valence-corrected chi connectivity index (χ3v) is 7.71. The molecule has 0 saturated carbocycles. The van der Waals surface area contributed by atoms with E-state index in [4.69, 9.17) is 11.6 Å². The number of nitrogens with one attached hydrogen (secondary N) is 3. The van der Waals surface area contributed by atoms with Gasteiger partial charge >= 0.3 is 6.03 Å². The van der Waals surface area contributed by atoms with E-state index in [9.17, 15) is 18.0 Å². The van der Waals surface area contributed by atoms with E-state index in [0.29, 0.717) is 40.6 Å². The van der Waals surface area contributed by atoms with Crippen molar-refractivity contribution in [1.29, 1.82) is 0 Å². The first-order valence-corrected chi connectivity index (χ1v) is 13.0. The molecule has 3 aromatic carbocycles. The van der Waals surface area contributed by atoms with Crippen LogP contribution >= 0.6 is 11.6 Å². The molecular formula is C25H25ClN4O4S. The molecule has 0 aliphatic carbocycles. The Hall–Kier alpha value is -3.56. The summed E-state index contributed by atoms with van der Waals surface area (Å²) in [6.45, 7) is 2.24. The Labute approximate surface area is 209 Å². The number of carbonyl (C=O) groups is 2. The second-order valence-electron chi connectivity index (χ2n) is 8.18. The number of rotatable bonds is 6. The maximum absolute atomic E-state index is 13.2. The van der Waals surface area contributed by atoms with Crippen LogP contribution in [0.5, 0.6) is 0 Å². The number of hydrogen-bond acceptors (Lipinski definition) is 4. The van der Waals surface area contributed by atoms with E-state index in [0.717, 1.165) is 5.56 Å². The van der Waals surface area contributed by atoms with Crippen molar-refractivity contribution in [2.24, 2.45) is 0 Å². The Morgan fingerprint density at radius 1 is 0.943 bits per heavy atom. The van der Waals surface area contributed by atoms with E-state index in [1.54, 1.807) is 73.7 Å². The highest BCUT2D eigenvalue weighted by Gasteiger charge is 2.29. The molecular weight excluding hydrogens is 488 g/mol. The Balaban J connectivity index is 1.51. The van der Waals surface area contributed by atoms with Crippen molar-refractivity contribution in [3.8, 4) is 0 Å². The Morgan fingerprint density at radius 3 is 2.26 bits per heavy atom. The minimum atomic E-state index is -3.31. The van der Waals surface area contributed by atoms with Crippen LogP contribution in [-0.4, -0.2) is 32.7 Å². The summed E-state index contributed by atoms with van der Waals surface area (Å²) in [5.74, 6) is -0.309. The third-order valence-electron chi connectivity index (χ3n) is 5.60. The van der Waals surface area contributed by atoms with Crippen LogP contribution < -0.4 is 20.3 Å². The van der Waals surface area contributed by atoms with E-state index in [2.05, 4.69) is 16.0 Å². The summed E-state index contributed by atoms with van der Waals surface area (Å²) < 4.78 is 26.0. The number of carbonyl (C=O) groups excluding carboxylic acids is 2. The minimum Gasteiger partial charge on any atom is -0.324 e. The molecule has 3 aromatic rings. The average Bonchev–Trinajstić information content (AvgIpc) is 3.18. The van der Waals surface area contributed by atoms with Gasteiger partial charge in [-0.2, -0.15) is 0 Å². The van der Waals surface area contributed by atoms with Crippen LogP contribution in [0.15, 0.2) is 72.8 Å². The lowest BCUT2D eigenvalue weighted by Crippen LogP contribution is -2.39. The molecule has 0 bridgehead atoms. The van der Waals surface area contributed by atoms with Gasteiger partial charge in [0.15, 0.2) is 0 Å². The number of amides is 3. The monoisotopic (exact) mass is 512 g/mol. The van der Waals surface area contributed by atoms with Gasteiger partial charge in [-0.25, -0.2) is 13.2 Å². The molecule has 1 heterocycles. The molecule has 0 aromatic heterocycles. The van der Waals surface area contributed by atoms with Crippen molar-refractivity contribution in [3.63, 3.8) is 0 Å². The zero-order valence-corrected chi connectivity index (χ0v) is 20.6. The molecule has 4 rings (SSSR count). The molecule has 0 radical (unpaired) electrons. The lowest BCUT2D eigenvalue weighted by molar-refractivity contribution is -0.118. The van der Waals surface area contributed by atoms with Crippen LogP contribution in [0, 0.1) is 6.92 Å². The first-order chi connectivity index (χ1) is 16.7. The Bertz CT molecular complexity index is 1330. The molecule has 0 spiro atoms. The summed E-state index contributed by atoms with van der Waals surface area (Å²) in [5.41, 5.74) is 2.95. The van der Waals surface area contributed by atoms with Gasteiger partial charge in [-0.1, -0.05) is 41.9 Å². The highest BCUT2D eigenvalue weighted by atomic mass is 35.5. The first-order valence-electron chi connectivity index (χ1n) is 11.0. The molecule has 1 saturated heterocycles. The van der Waals surface area contributed by atoms with Gasteiger partial charge in [-0.15, -0.1) is 0 Å². The van der Waals surface area contributed by atoms with E-state index in [1.165, 1.54) is 4.31 Å². The fourth-order valence-electron chi connectivity index (χ4n) is 3.91. The SMILES string of the molecule is Cc1cc(NC(=O)[C@@H](NC(=O)Nc2ccc(Cl)cc2)c2ccccc2)ccc1N1CCCS1(=O)=O. The van der Waals surface area contributed by atoms with Gasteiger partial charge < -0.3 is 16.0 Å². The molecule has 35 heavy (non-hydrogen) atoms. The van der Waals surface area contributed by atoms with Gasteiger partial charge in [0.25, 0.3) is 5.91 Å². The summed E-state index contributed by atoms with van der Waals surface area (Å²) in [6, 6.07) is 19.0. The van der Waals surface area contributed by atoms with Crippen molar-refractivity contribution < 1.29 is 18.0 Å². The molecule has 10 heteroatoms. The predicted molar refractivity (Wildman–Crippen MR) is 138 cm³/mol. The standard InChI is InChI=1S/C25H25ClN4O4S/c1-17-16-21(12-13-22(17)30-14-5-15-35(30,33)34)27-24(31)23(18-6-3-2-4-7-18)29-25(32)28-20-10-8-19(26)9-11-20/h2-4,6-13,16,23H,5,14-15H2,1H3,(H,27,31)(H2,28,29,32)/t23-/m0/s1. The highest BCUT2D eigenvalue weighted by molar-refractivity contribution is 7.93. The van der Waals surface area contributed by atoms with Crippen LogP contribution in [0.1, 0.15) is 23.6 Å². The Morgan fingerprint density at radius 2 is 1.63 bits per heavy atom. The lowest BCUT2D eigenvalue weighted by atomic mass is 10.1. The van der Waals surface area contributed by atoms with Crippen LogP contribution in [0.3, 0.4) is 0 Å². The third kappa shape index (κ3) is 5.93. The zero-order valence-electron chi connectivity index (χ0n) is 19.0. The number of nitrogens with zero attached hydrogens (tertiary/aromatic N) is 1. The van der Waals surface area contributed by atoms with E-state index >= 15 is 0 Å². The van der Waals surface area contributed by atoms with E-state index in [-0.39, 0.29) is 5.75 Å². The van der Waals surface area contributed by atoms with Crippen LogP contribution in [-0.2, 0) is 14.8 Å². The Kier molecular flexibility index (Phi) is 7.28. The molecule has 182 valence electrons. The van der Waals surface area contributed by atoms with Gasteiger partial charge in [0.2, 0.25) is 10.0 Å². The second kappa shape index (κ2) is 10.4. The zero-order chi connectivity index (χ0) is 25.0. The van der Waals surface area contributed by atoms with Gasteiger partial charge in [-0.3, -0.25) is 9.10 Å². The van der Waals surface area contributed by atoms with Crippen LogP contribution in [0.2, 0.25) is 5.02 Å². The largest absolute Gasteiger partial charge is 0.324 e. The smallest absolute Gasteiger partial charge is 0.320 e. The number of benzene rings is 3. The number of sulfonamides is 1. The van der Waals surface area contributed by atoms with Gasteiger partial charge in [0.1, 0.15) is 6.04 Å². The van der Waals surface area contributed by atoms with Gasteiger partial charge in [0, 0.05) is 22.9 Å². The van der Waals surface area contributed by atoms with E-state index < -0.39 is 28.0 Å². The summed E-state index contributed by atoms with van der Waals surface area (Å²) in [6.07, 6.45) is 0.586. The van der Waals surface area contributed by atoms with Crippen molar-refractivity contribution in [2.75, 3.05) is 27.2 Å². The highest BCUT2D eigenvalue weighted by Crippen LogP contribution is 2.29. The summed E-state index contributed by atoms with van der Waals surface area (Å²) in [7, 11) is -3.31. The van der Waals surface area contributed by atoms with Crippen LogP contribution in [0.4, 0.5) is 21.9 Å². The van der Waals surface area contributed by atoms with Crippen molar-refractivity contribution in [2.45, 2.75) is 19.4 Å². The average molecular weight is 513 g/mol. The maximum atomic E-state index is 13.2. The molecule has 0 unspecified atom stereocenters.